The third-order valence-electron chi connectivity index (χ3n) is 2.54. The maximum atomic E-state index is 4.26. The highest BCUT2D eigenvalue weighted by molar-refractivity contribution is 5.43. The molecule has 0 amide bonds. The van der Waals surface area contributed by atoms with Crippen LogP contribution in [0, 0.1) is 19.8 Å². The summed E-state index contributed by atoms with van der Waals surface area (Å²) in [7, 11) is 0. The van der Waals surface area contributed by atoms with Crippen LogP contribution in [0.4, 0.5) is 0 Å². The number of aryl methyl sites for hydroxylation is 2. The van der Waals surface area contributed by atoms with E-state index in [0.717, 1.165) is 5.69 Å². The highest BCUT2D eigenvalue weighted by atomic mass is 14.9. The monoisotopic (exact) mass is 199 g/mol. The van der Waals surface area contributed by atoms with Gasteiger partial charge < -0.3 is 4.98 Å². The summed E-state index contributed by atoms with van der Waals surface area (Å²) in [5, 5.41) is 0. The van der Waals surface area contributed by atoms with E-state index >= 15 is 0 Å². The van der Waals surface area contributed by atoms with E-state index in [4.69, 9.17) is 0 Å². The normalized spacial score (nSPS) is 10.9. The number of nitrogens with zero attached hydrogens (tertiary/aromatic N) is 1. The predicted octanol–water partition coefficient (Wildman–Crippen LogP) is 3.02. The van der Waals surface area contributed by atoms with Crippen LogP contribution in [0.5, 0.6) is 0 Å². The minimum atomic E-state index is 1.01. The summed E-state index contributed by atoms with van der Waals surface area (Å²) in [6, 6.07) is 6.56. The zero-order chi connectivity index (χ0) is 10.8. The van der Waals surface area contributed by atoms with Crippen molar-refractivity contribution in [3.8, 4) is 0 Å². The van der Waals surface area contributed by atoms with Gasteiger partial charge in [0, 0.05) is 6.20 Å². The average molecular weight is 199 g/mol. The van der Waals surface area contributed by atoms with Gasteiger partial charge >= 0.3 is 0 Å². The van der Waals surface area contributed by atoms with E-state index in [-0.39, 0.29) is 0 Å². The molecule has 0 bridgehead atoms. The van der Waals surface area contributed by atoms with Gasteiger partial charge in [0.2, 0.25) is 0 Å². The first-order chi connectivity index (χ1) is 7.16. The number of aromatic nitrogens is 2. The van der Waals surface area contributed by atoms with Crippen LogP contribution in [0.15, 0.2) is 30.7 Å². The molecule has 0 unspecified atom stereocenters. The Morgan fingerprint density at radius 1 is 1.13 bits per heavy atom. The van der Waals surface area contributed by atoms with Crippen molar-refractivity contribution in [1.29, 1.82) is 0 Å². The molecule has 0 aliphatic carbocycles. The molecule has 0 atom stereocenters. The molecule has 2 rings (SSSR count). The molecule has 1 aromatic heterocycles. The Labute approximate surface area is 90.4 Å². The Balaban J connectivity index is 2.37. The molecule has 1 radical (unpaired) electrons. The van der Waals surface area contributed by atoms with Gasteiger partial charge in [-0.2, -0.15) is 0 Å². The van der Waals surface area contributed by atoms with E-state index < -0.39 is 0 Å². The van der Waals surface area contributed by atoms with E-state index in [1.807, 2.05) is 6.20 Å². The summed E-state index contributed by atoms with van der Waals surface area (Å²) in [5.41, 5.74) is 4.85. The smallest absolute Gasteiger partial charge is 0.0923 e. The molecule has 1 heterocycles. The number of imidazole rings is 1. The lowest BCUT2D eigenvalue weighted by atomic mass is 9.95. The SMILES string of the molecule is C[C](c1cc(C)cc(C)c1)c1c[nH]cn1. The van der Waals surface area contributed by atoms with E-state index in [9.17, 15) is 0 Å². The lowest BCUT2D eigenvalue weighted by molar-refractivity contribution is 1.11. The van der Waals surface area contributed by atoms with Crippen molar-refractivity contribution in [1.82, 2.24) is 9.97 Å². The Bertz CT molecular complexity index is 423. The molecule has 2 heteroatoms. The molecule has 0 spiro atoms. The molecule has 1 N–H and O–H groups in total. The molecule has 77 valence electrons. The van der Waals surface area contributed by atoms with Crippen LogP contribution < -0.4 is 0 Å². The van der Waals surface area contributed by atoms with Gasteiger partial charge in [-0.3, -0.25) is 0 Å². The largest absolute Gasteiger partial charge is 0.351 e. The fourth-order valence-electron chi connectivity index (χ4n) is 1.80. The second-order valence-corrected chi connectivity index (χ2v) is 3.96. The van der Waals surface area contributed by atoms with Crippen molar-refractivity contribution in [3.05, 3.63) is 59.0 Å². The van der Waals surface area contributed by atoms with Crippen LogP contribution in [0.25, 0.3) is 0 Å². The van der Waals surface area contributed by atoms with Gasteiger partial charge in [0.05, 0.1) is 17.9 Å². The average Bonchev–Trinajstić information content (AvgIpc) is 2.67. The maximum Gasteiger partial charge on any atom is 0.0923 e. The van der Waals surface area contributed by atoms with Crippen molar-refractivity contribution in [3.63, 3.8) is 0 Å². The lowest BCUT2D eigenvalue weighted by Crippen LogP contribution is -1.98. The highest BCUT2D eigenvalue weighted by Crippen LogP contribution is 2.22. The summed E-state index contributed by atoms with van der Waals surface area (Å²) >= 11 is 0. The second kappa shape index (κ2) is 3.89. The molecule has 0 aliphatic heterocycles. The van der Waals surface area contributed by atoms with Crippen LogP contribution >= 0.6 is 0 Å². The Hall–Kier alpha value is -1.57. The molecule has 0 fully saturated rings. The van der Waals surface area contributed by atoms with Crippen molar-refractivity contribution < 1.29 is 0 Å². The molecule has 2 aromatic rings. The third-order valence-corrected chi connectivity index (χ3v) is 2.54. The van der Waals surface area contributed by atoms with E-state index in [1.54, 1.807) is 6.33 Å². The molecule has 1 aromatic carbocycles. The second-order valence-electron chi connectivity index (χ2n) is 3.96. The zero-order valence-electron chi connectivity index (χ0n) is 9.33. The molecular formula is C13H15N2. The van der Waals surface area contributed by atoms with E-state index in [0.29, 0.717) is 0 Å². The maximum absolute atomic E-state index is 4.26. The Morgan fingerprint density at radius 3 is 2.33 bits per heavy atom. The van der Waals surface area contributed by atoms with E-state index in [1.165, 1.54) is 22.6 Å². The van der Waals surface area contributed by atoms with Crippen molar-refractivity contribution in [2.45, 2.75) is 20.8 Å². The summed E-state index contributed by atoms with van der Waals surface area (Å²) < 4.78 is 0. The zero-order valence-corrected chi connectivity index (χ0v) is 9.33. The highest BCUT2D eigenvalue weighted by Gasteiger charge is 2.11. The van der Waals surface area contributed by atoms with Gasteiger partial charge in [0.1, 0.15) is 0 Å². The molecular weight excluding hydrogens is 184 g/mol. The number of hydrogen-bond acceptors (Lipinski definition) is 1. The summed E-state index contributed by atoms with van der Waals surface area (Å²) in [4.78, 5) is 7.24. The molecule has 0 saturated carbocycles. The van der Waals surface area contributed by atoms with Crippen LogP contribution in [0.1, 0.15) is 29.3 Å². The van der Waals surface area contributed by atoms with Gasteiger partial charge in [-0.05, 0) is 26.3 Å². The van der Waals surface area contributed by atoms with Gasteiger partial charge in [0.15, 0.2) is 0 Å². The quantitative estimate of drug-likeness (QED) is 0.791. The topological polar surface area (TPSA) is 28.7 Å². The summed E-state index contributed by atoms with van der Waals surface area (Å²) in [6.45, 7) is 6.34. The fourth-order valence-corrected chi connectivity index (χ4v) is 1.80. The summed E-state index contributed by atoms with van der Waals surface area (Å²) in [6.07, 6.45) is 3.63. The minimum Gasteiger partial charge on any atom is -0.351 e. The van der Waals surface area contributed by atoms with Crippen LogP contribution in [0.3, 0.4) is 0 Å². The number of rotatable bonds is 2. The van der Waals surface area contributed by atoms with Crippen LogP contribution in [-0.4, -0.2) is 9.97 Å². The Morgan fingerprint density at radius 2 is 1.80 bits per heavy atom. The predicted molar refractivity (Wildman–Crippen MR) is 61.6 cm³/mol. The first kappa shape index (κ1) is 9.97. The van der Waals surface area contributed by atoms with Crippen LogP contribution in [-0.2, 0) is 0 Å². The minimum absolute atomic E-state index is 1.01. The van der Waals surface area contributed by atoms with Gasteiger partial charge in [-0.1, -0.05) is 29.3 Å². The number of benzene rings is 1. The van der Waals surface area contributed by atoms with E-state index in [2.05, 4.69) is 48.9 Å². The van der Waals surface area contributed by atoms with Crippen molar-refractivity contribution in [2.24, 2.45) is 0 Å². The first-order valence-corrected chi connectivity index (χ1v) is 5.08. The number of hydrogen-bond donors (Lipinski definition) is 1. The number of nitrogens with one attached hydrogen (secondary N) is 1. The summed E-state index contributed by atoms with van der Waals surface area (Å²) in [5.74, 6) is 1.21. The number of aromatic amines is 1. The molecule has 2 nitrogen and oxygen atoms in total. The Kier molecular flexibility index (Phi) is 2.58. The van der Waals surface area contributed by atoms with Crippen molar-refractivity contribution >= 4 is 0 Å². The van der Waals surface area contributed by atoms with Crippen molar-refractivity contribution in [2.75, 3.05) is 0 Å². The lowest BCUT2D eigenvalue weighted by Gasteiger charge is -2.10. The van der Waals surface area contributed by atoms with Gasteiger partial charge in [0.25, 0.3) is 0 Å². The number of H-pyrrole nitrogens is 1. The molecule has 15 heavy (non-hydrogen) atoms. The van der Waals surface area contributed by atoms with Crippen LogP contribution in [0.2, 0.25) is 0 Å². The first-order valence-electron chi connectivity index (χ1n) is 5.08. The fraction of sp³-hybridized carbons (Fsp3) is 0.231. The molecule has 0 saturated heterocycles. The van der Waals surface area contributed by atoms with Gasteiger partial charge in [-0.25, -0.2) is 4.98 Å². The van der Waals surface area contributed by atoms with Gasteiger partial charge in [-0.15, -0.1) is 0 Å². The standard InChI is InChI=1S/C13H15N2/c1-9-4-10(2)6-12(5-9)11(3)13-7-14-8-15-13/h4-8H,1-3H3,(H,14,15). The molecule has 0 aliphatic rings. The third kappa shape index (κ3) is 2.09.